The average molecular weight is 183 g/mol. The van der Waals surface area contributed by atoms with E-state index in [1.165, 1.54) is 19.3 Å². The van der Waals surface area contributed by atoms with Gasteiger partial charge in [0.25, 0.3) is 0 Å². The van der Waals surface area contributed by atoms with Crippen molar-refractivity contribution >= 4 is 0 Å². The maximum atomic E-state index is 5.63. The van der Waals surface area contributed by atoms with Gasteiger partial charge in [-0.1, -0.05) is 6.08 Å². The first-order valence-corrected chi connectivity index (χ1v) is 5.12. The SMILES string of the molecule is C=CCCC(NC)C1(OC)CCC1. The molecule has 1 unspecified atom stereocenters. The summed E-state index contributed by atoms with van der Waals surface area (Å²) in [7, 11) is 3.85. The third-order valence-electron chi connectivity index (χ3n) is 3.25. The molecule has 1 aliphatic carbocycles. The average Bonchev–Trinajstić information content (AvgIpc) is 2.09. The number of hydrogen-bond donors (Lipinski definition) is 1. The van der Waals surface area contributed by atoms with Crippen molar-refractivity contribution in [2.24, 2.45) is 0 Å². The number of ether oxygens (including phenoxy) is 1. The van der Waals surface area contributed by atoms with Gasteiger partial charge < -0.3 is 10.1 Å². The number of likely N-dealkylation sites (N-methyl/N-ethyl adjacent to an activating group) is 1. The molecular formula is C11H21NO. The number of methoxy groups -OCH3 is 1. The van der Waals surface area contributed by atoms with Crippen molar-refractivity contribution in [3.8, 4) is 0 Å². The van der Waals surface area contributed by atoms with E-state index in [1.807, 2.05) is 20.2 Å². The summed E-state index contributed by atoms with van der Waals surface area (Å²) in [6.07, 6.45) is 7.88. The molecular weight excluding hydrogens is 162 g/mol. The van der Waals surface area contributed by atoms with Crippen LogP contribution in [0.4, 0.5) is 0 Å². The molecule has 2 nitrogen and oxygen atoms in total. The van der Waals surface area contributed by atoms with Gasteiger partial charge in [-0.15, -0.1) is 6.58 Å². The summed E-state index contributed by atoms with van der Waals surface area (Å²) in [6.45, 7) is 3.75. The maximum Gasteiger partial charge on any atom is 0.0831 e. The highest BCUT2D eigenvalue weighted by molar-refractivity contribution is 4.99. The molecule has 76 valence electrons. The van der Waals surface area contributed by atoms with Gasteiger partial charge in [0.05, 0.1) is 5.60 Å². The molecule has 0 aliphatic heterocycles. The van der Waals surface area contributed by atoms with Gasteiger partial charge in [-0.3, -0.25) is 0 Å². The summed E-state index contributed by atoms with van der Waals surface area (Å²) in [4.78, 5) is 0. The Morgan fingerprint density at radius 2 is 2.31 bits per heavy atom. The van der Waals surface area contributed by atoms with Crippen LogP contribution in [0, 0.1) is 0 Å². The Bertz CT molecular complexity index is 158. The van der Waals surface area contributed by atoms with E-state index in [2.05, 4.69) is 11.9 Å². The van der Waals surface area contributed by atoms with Crippen LogP contribution in [0.5, 0.6) is 0 Å². The molecule has 0 radical (unpaired) electrons. The van der Waals surface area contributed by atoms with Gasteiger partial charge in [0, 0.05) is 13.2 Å². The van der Waals surface area contributed by atoms with Crippen LogP contribution in [0.3, 0.4) is 0 Å². The van der Waals surface area contributed by atoms with Crippen LogP contribution < -0.4 is 5.32 Å². The largest absolute Gasteiger partial charge is 0.377 e. The highest BCUT2D eigenvalue weighted by Gasteiger charge is 2.43. The van der Waals surface area contributed by atoms with E-state index in [-0.39, 0.29) is 5.60 Å². The van der Waals surface area contributed by atoms with Gasteiger partial charge in [-0.05, 0) is 39.2 Å². The van der Waals surface area contributed by atoms with Crippen LogP contribution in [0.15, 0.2) is 12.7 Å². The molecule has 1 atom stereocenters. The summed E-state index contributed by atoms with van der Waals surface area (Å²) in [5.41, 5.74) is 0.123. The van der Waals surface area contributed by atoms with Crippen molar-refractivity contribution in [1.29, 1.82) is 0 Å². The van der Waals surface area contributed by atoms with E-state index in [0.29, 0.717) is 6.04 Å². The number of rotatable bonds is 6. The minimum Gasteiger partial charge on any atom is -0.377 e. The third-order valence-corrected chi connectivity index (χ3v) is 3.25. The van der Waals surface area contributed by atoms with E-state index in [9.17, 15) is 0 Å². The first-order valence-electron chi connectivity index (χ1n) is 5.12. The Labute approximate surface area is 81.4 Å². The Hall–Kier alpha value is -0.340. The van der Waals surface area contributed by atoms with Crippen LogP contribution in [0.2, 0.25) is 0 Å². The third kappa shape index (κ3) is 2.12. The molecule has 0 aromatic heterocycles. The van der Waals surface area contributed by atoms with Gasteiger partial charge in [0.15, 0.2) is 0 Å². The van der Waals surface area contributed by atoms with Crippen LogP contribution in [0.25, 0.3) is 0 Å². The monoisotopic (exact) mass is 183 g/mol. The zero-order valence-electron chi connectivity index (χ0n) is 8.81. The molecule has 0 heterocycles. The quantitative estimate of drug-likeness (QED) is 0.637. The molecule has 1 N–H and O–H groups in total. The molecule has 2 heteroatoms. The molecule has 1 rings (SSSR count). The Morgan fingerprint density at radius 3 is 2.62 bits per heavy atom. The lowest BCUT2D eigenvalue weighted by atomic mass is 9.73. The predicted molar refractivity (Wildman–Crippen MR) is 55.9 cm³/mol. The number of nitrogens with one attached hydrogen (secondary N) is 1. The second kappa shape index (κ2) is 4.77. The number of allylic oxidation sites excluding steroid dienone is 1. The lowest BCUT2D eigenvalue weighted by molar-refractivity contribution is -0.0982. The second-order valence-electron chi connectivity index (χ2n) is 3.83. The zero-order chi connectivity index (χ0) is 9.73. The fraction of sp³-hybridized carbons (Fsp3) is 0.818. The zero-order valence-corrected chi connectivity index (χ0v) is 8.81. The van der Waals surface area contributed by atoms with E-state index in [1.54, 1.807) is 0 Å². The second-order valence-corrected chi connectivity index (χ2v) is 3.83. The fourth-order valence-electron chi connectivity index (χ4n) is 2.18. The molecule has 0 aromatic carbocycles. The van der Waals surface area contributed by atoms with Crippen molar-refractivity contribution in [1.82, 2.24) is 5.32 Å². The Morgan fingerprint density at radius 1 is 1.62 bits per heavy atom. The van der Waals surface area contributed by atoms with E-state index < -0.39 is 0 Å². The molecule has 0 amide bonds. The fourth-order valence-corrected chi connectivity index (χ4v) is 2.18. The van der Waals surface area contributed by atoms with Crippen molar-refractivity contribution in [2.75, 3.05) is 14.2 Å². The molecule has 0 aromatic rings. The van der Waals surface area contributed by atoms with Crippen molar-refractivity contribution in [3.63, 3.8) is 0 Å². The van der Waals surface area contributed by atoms with E-state index in [4.69, 9.17) is 4.74 Å². The minimum absolute atomic E-state index is 0.123. The maximum absolute atomic E-state index is 5.63. The molecule has 13 heavy (non-hydrogen) atoms. The van der Waals surface area contributed by atoms with Crippen LogP contribution in [-0.2, 0) is 4.74 Å². The molecule has 0 spiro atoms. The molecule has 1 saturated carbocycles. The topological polar surface area (TPSA) is 21.3 Å². The molecule has 1 aliphatic rings. The van der Waals surface area contributed by atoms with Crippen molar-refractivity contribution in [3.05, 3.63) is 12.7 Å². The summed E-state index contributed by atoms with van der Waals surface area (Å²) in [5.74, 6) is 0. The van der Waals surface area contributed by atoms with Crippen LogP contribution in [-0.4, -0.2) is 25.8 Å². The minimum atomic E-state index is 0.123. The standard InChI is InChI=1S/C11H21NO/c1-4-5-7-10(12-2)11(13-3)8-6-9-11/h4,10,12H,1,5-9H2,2-3H3. The van der Waals surface area contributed by atoms with E-state index >= 15 is 0 Å². The molecule has 0 saturated heterocycles. The lowest BCUT2D eigenvalue weighted by Crippen LogP contribution is -2.55. The summed E-state index contributed by atoms with van der Waals surface area (Å²) in [6, 6.07) is 0.490. The van der Waals surface area contributed by atoms with Gasteiger partial charge in [0.1, 0.15) is 0 Å². The van der Waals surface area contributed by atoms with Gasteiger partial charge in [-0.2, -0.15) is 0 Å². The first-order chi connectivity index (χ1) is 6.29. The molecule has 1 fully saturated rings. The predicted octanol–water partition coefficient (Wildman–Crippen LogP) is 2.11. The van der Waals surface area contributed by atoms with Crippen molar-refractivity contribution in [2.45, 2.75) is 43.7 Å². The smallest absolute Gasteiger partial charge is 0.0831 e. The summed E-state index contributed by atoms with van der Waals surface area (Å²) in [5, 5.41) is 3.36. The lowest BCUT2D eigenvalue weighted by Gasteiger charge is -2.46. The van der Waals surface area contributed by atoms with E-state index in [0.717, 1.165) is 12.8 Å². The van der Waals surface area contributed by atoms with Crippen LogP contribution >= 0.6 is 0 Å². The normalized spacial score (nSPS) is 22.0. The first kappa shape index (κ1) is 10.7. The van der Waals surface area contributed by atoms with Gasteiger partial charge in [0.2, 0.25) is 0 Å². The molecule has 0 bridgehead atoms. The van der Waals surface area contributed by atoms with Gasteiger partial charge >= 0.3 is 0 Å². The summed E-state index contributed by atoms with van der Waals surface area (Å²) >= 11 is 0. The highest BCUT2D eigenvalue weighted by atomic mass is 16.5. The Balaban J connectivity index is 2.47. The van der Waals surface area contributed by atoms with Crippen molar-refractivity contribution < 1.29 is 4.74 Å². The number of hydrogen-bond acceptors (Lipinski definition) is 2. The highest BCUT2D eigenvalue weighted by Crippen LogP contribution is 2.39. The summed E-state index contributed by atoms with van der Waals surface area (Å²) < 4.78 is 5.63. The van der Waals surface area contributed by atoms with Gasteiger partial charge in [-0.25, -0.2) is 0 Å². The Kier molecular flexibility index (Phi) is 3.94. The van der Waals surface area contributed by atoms with Crippen LogP contribution in [0.1, 0.15) is 32.1 Å².